The van der Waals surface area contributed by atoms with Gasteiger partial charge >= 0.3 is 15.2 Å². The molecule has 0 aliphatic heterocycles. The van der Waals surface area contributed by atoms with Gasteiger partial charge in [-0.25, -0.2) is 13.3 Å². The van der Waals surface area contributed by atoms with Crippen molar-refractivity contribution in [2.75, 3.05) is 18.5 Å². The van der Waals surface area contributed by atoms with Gasteiger partial charge in [-0.2, -0.15) is 12.8 Å². The van der Waals surface area contributed by atoms with Crippen LogP contribution in [0, 0.1) is 22.7 Å². The highest BCUT2D eigenvalue weighted by molar-refractivity contribution is 7.93. The molecule has 1 unspecified atom stereocenters. The summed E-state index contributed by atoms with van der Waals surface area (Å²) in [6.07, 6.45) is 1.20. The van der Waals surface area contributed by atoms with Crippen LogP contribution in [-0.2, 0) is 16.6 Å². The van der Waals surface area contributed by atoms with Crippen molar-refractivity contribution in [3.05, 3.63) is 63.9 Å². The van der Waals surface area contributed by atoms with E-state index >= 15 is 0 Å². The van der Waals surface area contributed by atoms with Gasteiger partial charge in [-0.1, -0.05) is 25.4 Å². The lowest BCUT2D eigenvalue weighted by molar-refractivity contribution is -0.710. The average Bonchev–Trinajstić information content (AvgIpc) is 3.19. The van der Waals surface area contributed by atoms with Crippen LogP contribution in [-0.4, -0.2) is 22.6 Å². The Morgan fingerprint density at radius 2 is 1.74 bits per heavy atom. The van der Waals surface area contributed by atoms with Crippen LogP contribution in [0.15, 0.2) is 41.4 Å². The molecule has 12 heteroatoms. The van der Waals surface area contributed by atoms with Crippen molar-refractivity contribution in [3.63, 3.8) is 0 Å². The summed E-state index contributed by atoms with van der Waals surface area (Å²) in [5.74, 6) is -1.62. The van der Waals surface area contributed by atoms with E-state index in [9.17, 15) is 21.6 Å². The zero-order valence-corrected chi connectivity index (χ0v) is 22.1. The van der Waals surface area contributed by atoms with Crippen molar-refractivity contribution in [2.45, 2.75) is 38.3 Å². The third-order valence-electron chi connectivity index (χ3n) is 5.62. The van der Waals surface area contributed by atoms with E-state index < -0.39 is 36.7 Å². The second kappa shape index (κ2) is 10.6. The largest absolute Gasteiger partial charge is 0.497 e. The molecule has 0 radical (unpaired) electrons. The van der Waals surface area contributed by atoms with Crippen LogP contribution in [0.1, 0.15) is 32.4 Å². The molecule has 0 aliphatic rings. The van der Waals surface area contributed by atoms with Gasteiger partial charge in [0, 0.05) is 17.7 Å². The van der Waals surface area contributed by atoms with E-state index in [0.717, 1.165) is 4.31 Å². The van der Waals surface area contributed by atoms with Gasteiger partial charge in [0.2, 0.25) is 5.13 Å². The molecule has 0 bridgehead atoms. The van der Waals surface area contributed by atoms with Crippen LogP contribution in [0.3, 0.4) is 0 Å². The number of sulfonamides is 1. The van der Waals surface area contributed by atoms with Crippen molar-refractivity contribution in [1.29, 1.82) is 0 Å². The van der Waals surface area contributed by atoms with Gasteiger partial charge in [0.15, 0.2) is 0 Å². The third-order valence-corrected chi connectivity index (χ3v) is 8.69. The molecule has 3 rings (SSSR count). The first-order valence-corrected chi connectivity index (χ1v) is 13.1. The number of halogens is 4. The lowest BCUT2D eigenvalue weighted by Crippen LogP contribution is -2.46. The molecule has 0 saturated heterocycles. The van der Waals surface area contributed by atoms with Crippen LogP contribution in [0.25, 0.3) is 0 Å². The number of thiazole rings is 1. The predicted molar refractivity (Wildman–Crippen MR) is 128 cm³/mol. The smallest absolute Gasteiger partial charge is 0.355 e. The first kappa shape index (κ1) is 27.1. The first-order chi connectivity index (χ1) is 16.4. The monoisotopic (exact) mass is 549 g/mol. The van der Waals surface area contributed by atoms with Gasteiger partial charge in [0.1, 0.15) is 46.8 Å². The molecule has 35 heavy (non-hydrogen) atoms. The number of ether oxygens (including phenoxy) is 2. The molecule has 0 aliphatic carbocycles. The van der Waals surface area contributed by atoms with E-state index in [2.05, 4.69) is 0 Å². The molecule has 0 N–H and O–H groups in total. The topological polar surface area (TPSA) is 59.7 Å². The minimum Gasteiger partial charge on any atom is -0.497 e. The summed E-state index contributed by atoms with van der Waals surface area (Å²) in [7, 11) is -1.81. The van der Waals surface area contributed by atoms with E-state index in [4.69, 9.17) is 21.1 Å². The van der Waals surface area contributed by atoms with Crippen LogP contribution < -0.4 is 18.3 Å². The fourth-order valence-corrected chi connectivity index (χ4v) is 6.22. The molecule has 3 aromatic rings. The van der Waals surface area contributed by atoms with E-state index in [0.29, 0.717) is 40.5 Å². The number of hydrogen-bond donors (Lipinski definition) is 0. The van der Waals surface area contributed by atoms with E-state index in [1.165, 1.54) is 25.0 Å². The van der Waals surface area contributed by atoms with Crippen LogP contribution in [0.2, 0.25) is 5.02 Å². The number of methoxy groups -OCH3 is 2. The van der Waals surface area contributed by atoms with Gasteiger partial charge in [-0.15, -0.1) is 4.31 Å². The van der Waals surface area contributed by atoms with Crippen molar-refractivity contribution in [3.8, 4) is 11.5 Å². The summed E-state index contributed by atoms with van der Waals surface area (Å²) in [6.45, 7) is 5.28. The Kier molecular flexibility index (Phi) is 8.23. The molecule has 0 spiro atoms. The SMILES string of the molecule is COc1ccc(CN(c2sc(F)c[n+]2C(C)C(C)C)S(=O)(=O)c2cc(Cl)c(F)cc2F)c(OC)c1. The Morgan fingerprint density at radius 1 is 1.06 bits per heavy atom. The Morgan fingerprint density at radius 3 is 2.34 bits per heavy atom. The zero-order chi connectivity index (χ0) is 26.1. The second-order valence-corrected chi connectivity index (χ2v) is 11.3. The maximum atomic E-state index is 14.8. The van der Waals surface area contributed by atoms with E-state index in [-0.39, 0.29) is 23.6 Å². The molecule has 0 amide bonds. The summed E-state index contributed by atoms with van der Waals surface area (Å²) in [5.41, 5.74) is 0.406. The van der Waals surface area contributed by atoms with Gasteiger partial charge in [0.25, 0.3) is 0 Å². The maximum Gasteiger partial charge on any atom is 0.355 e. The number of benzene rings is 2. The Hall–Kier alpha value is -2.50. The molecular formula is C23H25ClF3N2O4S2+. The van der Waals surface area contributed by atoms with Crippen molar-refractivity contribution >= 4 is 38.1 Å². The van der Waals surface area contributed by atoms with Crippen molar-refractivity contribution < 1.29 is 35.6 Å². The lowest BCUT2D eigenvalue weighted by atomic mass is 10.1. The Bertz CT molecular complexity index is 1330. The molecule has 6 nitrogen and oxygen atoms in total. The van der Waals surface area contributed by atoms with E-state index in [1.54, 1.807) is 18.2 Å². The summed E-state index contributed by atoms with van der Waals surface area (Å²) >= 11 is 6.38. The molecule has 1 aromatic heterocycles. The number of rotatable bonds is 9. The van der Waals surface area contributed by atoms with Gasteiger partial charge in [0.05, 0.1) is 19.2 Å². The van der Waals surface area contributed by atoms with Crippen LogP contribution >= 0.6 is 22.9 Å². The molecule has 0 saturated carbocycles. The minimum absolute atomic E-state index is 0.00131. The Balaban J connectivity index is 2.27. The summed E-state index contributed by atoms with van der Waals surface area (Å²) in [4.78, 5) is -0.839. The lowest BCUT2D eigenvalue weighted by Gasteiger charge is -2.21. The van der Waals surface area contributed by atoms with E-state index in [1.807, 2.05) is 20.8 Å². The zero-order valence-electron chi connectivity index (χ0n) is 19.7. The van der Waals surface area contributed by atoms with Gasteiger partial charge in [-0.3, -0.25) is 0 Å². The summed E-state index contributed by atoms with van der Waals surface area (Å²) in [6, 6.07) is 5.57. The van der Waals surface area contributed by atoms with Gasteiger partial charge in [-0.05, 0) is 42.4 Å². The fourth-order valence-electron chi connectivity index (χ4n) is 3.34. The second-order valence-electron chi connectivity index (χ2n) is 8.10. The molecule has 1 atom stereocenters. The predicted octanol–water partition coefficient (Wildman–Crippen LogP) is 5.74. The molecular weight excluding hydrogens is 525 g/mol. The maximum absolute atomic E-state index is 14.8. The molecule has 2 aromatic carbocycles. The summed E-state index contributed by atoms with van der Waals surface area (Å²) < 4.78 is 83.6. The highest BCUT2D eigenvalue weighted by Gasteiger charge is 2.41. The van der Waals surface area contributed by atoms with Crippen LogP contribution in [0.5, 0.6) is 11.5 Å². The average molecular weight is 550 g/mol. The van der Waals surface area contributed by atoms with Crippen molar-refractivity contribution in [1.82, 2.24) is 0 Å². The quantitative estimate of drug-likeness (QED) is 0.252. The number of anilines is 1. The van der Waals surface area contributed by atoms with Gasteiger partial charge < -0.3 is 9.47 Å². The number of hydrogen-bond acceptors (Lipinski definition) is 5. The highest BCUT2D eigenvalue weighted by atomic mass is 35.5. The Labute approximate surface area is 211 Å². The normalized spacial score (nSPS) is 12.6. The van der Waals surface area contributed by atoms with Crippen LogP contribution in [0.4, 0.5) is 18.3 Å². The fraction of sp³-hybridized carbons (Fsp3) is 0.348. The minimum atomic E-state index is -4.69. The highest BCUT2D eigenvalue weighted by Crippen LogP contribution is 2.35. The standard InChI is InChI=1S/C23H25ClF3N2O4S2/c1-13(2)14(3)28-12-22(27)34-23(28)29(11-15-6-7-16(32-4)8-20(15)33-5)35(30,31)21-9-17(24)18(25)10-19(21)26/h6-10,12-14H,11H2,1-5H3/q+1. The first-order valence-electron chi connectivity index (χ1n) is 10.5. The molecule has 1 heterocycles. The number of nitrogens with zero attached hydrogens (tertiary/aromatic N) is 2. The molecule has 190 valence electrons. The number of aromatic nitrogens is 1. The summed E-state index contributed by atoms with van der Waals surface area (Å²) in [5, 5.41) is -1.19. The third kappa shape index (κ3) is 5.52. The molecule has 0 fully saturated rings. The van der Waals surface area contributed by atoms with Crippen molar-refractivity contribution in [2.24, 2.45) is 5.92 Å².